The summed E-state index contributed by atoms with van der Waals surface area (Å²) in [6.45, 7) is 3.86. The van der Waals surface area contributed by atoms with E-state index >= 15 is 0 Å². The van der Waals surface area contributed by atoms with Gasteiger partial charge in [-0.05, 0) is 44.5 Å². The highest BCUT2D eigenvalue weighted by molar-refractivity contribution is 5.53. The molecule has 0 radical (unpaired) electrons. The van der Waals surface area contributed by atoms with Crippen LogP contribution in [-0.4, -0.2) is 31.8 Å². The number of carbonyl (C=O) groups is 1. The molecule has 0 heterocycles. The summed E-state index contributed by atoms with van der Waals surface area (Å²) in [7, 11) is 1.56. The van der Waals surface area contributed by atoms with E-state index in [9.17, 15) is 13.2 Å². The summed E-state index contributed by atoms with van der Waals surface area (Å²) in [4.78, 5) is 10.4. The maximum Gasteiger partial charge on any atom is 0.389 e. The number of hydrogen-bond donors (Lipinski definition) is 1. The maximum absolute atomic E-state index is 12.3. The zero-order valence-corrected chi connectivity index (χ0v) is 14.1. The Labute approximate surface area is 140 Å². The van der Waals surface area contributed by atoms with Gasteiger partial charge >= 0.3 is 6.18 Å². The fourth-order valence-corrected chi connectivity index (χ4v) is 2.01. The predicted molar refractivity (Wildman–Crippen MR) is 88.8 cm³/mol. The largest absolute Gasteiger partial charge is 0.497 e. The number of terminal acetylenes is 1. The summed E-state index contributed by atoms with van der Waals surface area (Å²) in [5.41, 5.74) is 4.28. The smallest absolute Gasteiger partial charge is 0.389 e. The number of anilines is 1. The molecule has 0 saturated carbocycles. The maximum atomic E-state index is 12.3. The van der Waals surface area contributed by atoms with Crippen molar-refractivity contribution < 1.29 is 22.7 Å². The summed E-state index contributed by atoms with van der Waals surface area (Å²) >= 11 is 0. The number of benzene rings is 1. The van der Waals surface area contributed by atoms with Crippen molar-refractivity contribution in [2.24, 2.45) is 5.73 Å². The standard InChI is InChI=1S/C16H20F3NO.CH3NO/c1-5-15(2,3)20(12-6-11-16(17,18)19)13-7-9-14(21-4)10-8-13;2-1-3/h1,7-10H,6,11-12H2,2-4H3;1H,(H2,2,3). The second kappa shape index (κ2) is 9.71. The molecule has 0 bridgehead atoms. The average molecular weight is 344 g/mol. The van der Waals surface area contributed by atoms with Gasteiger partial charge in [0, 0.05) is 18.7 Å². The normalized spacial score (nSPS) is 10.9. The lowest BCUT2D eigenvalue weighted by atomic mass is 10.0. The third-order valence-electron chi connectivity index (χ3n) is 3.25. The van der Waals surface area contributed by atoms with Gasteiger partial charge in [-0.3, -0.25) is 4.79 Å². The predicted octanol–water partition coefficient (Wildman–Crippen LogP) is 3.36. The van der Waals surface area contributed by atoms with Crippen LogP contribution in [0.15, 0.2) is 24.3 Å². The minimum Gasteiger partial charge on any atom is -0.497 e. The quantitative estimate of drug-likeness (QED) is 0.636. The molecule has 1 aromatic carbocycles. The number of nitrogens with two attached hydrogens (primary N) is 1. The van der Waals surface area contributed by atoms with E-state index in [1.807, 2.05) is 13.8 Å². The molecule has 24 heavy (non-hydrogen) atoms. The molecule has 0 atom stereocenters. The monoisotopic (exact) mass is 344 g/mol. The first-order valence-electron chi connectivity index (χ1n) is 7.23. The Morgan fingerprint density at radius 3 is 2.17 bits per heavy atom. The van der Waals surface area contributed by atoms with Crippen molar-refractivity contribution in [1.82, 2.24) is 0 Å². The number of hydrogen-bond acceptors (Lipinski definition) is 3. The van der Waals surface area contributed by atoms with Crippen molar-refractivity contribution in [2.45, 2.75) is 38.4 Å². The Morgan fingerprint density at radius 2 is 1.79 bits per heavy atom. The topological polar surface area (TPSA) is 55.6 Å². The fourth-order valence-electron chi connectivity index (χ4n) is 2.01. The molecule has 4 nitrogen and oxygen atoms in total. The zero-order chi connectivity index (χ0) is 18.8. The molecule has 0 spiro atoms. The lowest BCUT2D eigenvalue weighted by molar-refractivity contribution is -0.135. The number of rotatable bonds is 6. The van der Waals surface area contributed by atoms with Crippen LogP contribution >= 0.6 is 0 Å². The molecule has 1 amide bonds. The van der Waals surface area contributed by atoms with Crippen LogP contribution < -0.4 is 15.4 Å². The van der Waals surface area contributed by atoms with Gasteiger partial charge < -0.3 is 15.4 Å². The molecule has 0 fully saturated rings. The van der Waals surface area contributed by atoms with E-state index in [-0.39, 0.29) is 19.4 Å². The molecule has 0 unspecified atom stereocenters. The van der Waals surface area contributed by atoms with Crippen LogP contribution in [0.25, 0.3) is 0 Å². The summed E-state index contributed by atoms with van der Waals surface area (Å²) in [5, 5.41) is 0. The van der Waals surface area contributed by atoms with Gasteiger partial charge in [-0.1, -0.05) is 5.92 Å². The number of nitrogens with zero attached hydrogens (tertiary/aromatic N) is 1. The summed E-state index contributed by atoms with van der Waals surface area (Å²) in [6, 6.07) is 7.12. The van der Waals surface area contributed by atoms with Gasteiger partial charge in [-0.2, -0.15) is 13.2 Å². The number of alkyl halides is 3. The van der Waals surface area contributed by atoms with Gasteiger partial charge in [-0.25, -0.2) is 0 Å². The van der Waals surface area contributed by atoms with Crippen molar-refractivity contribution in [2.75, 3.05) is 18.6 Å². The van der Waals surface area contributed by atoms with Gasteiger partial charge in [-0.15, -0.1) is 6.42 Å². The van der Waals surface area contributed by atoms with Crippen LogP contribution in [0, 0.1) is 12.3 Å². The van der Waals surface area contributed by atoms with Gasteiger partial charge in [0.1, 0.15) is 5.75 Å². The van der Waals surface area contributed by atoms with E-state index in [1.165, 1.54) is 0 Å². The molecule has 0 aliphatic carbocycles. The highest BCUT2D eigenvalue weighted by atomic mass is 19.4. The van der Waals surface area contributed by atoms with E-state index in [1.54, 1.807) is 36.3 Å². The molecule has 0 aromatic heterocycles. The minimum absolute atomic E-state index is 0.000634. The van der Waals surface area contributed by atoms with Gasteiger partial charge in [0.05, 0.1) is 12.6 Å². The molecule has 2 N–H and O–H groups in total. The zero-order valence-electron chi connectivity index (χ0n) is 14.1. The molecule has 0 aliphatic rings. The Hall–Kier alpha value is -2.36. The number of amides is 1. The second-order valence-electron chi connectivity index (χ2n) is 5.41. The molecule has 7 heteroatoms. The number of primary amides is 1. The van der Waals surface area contributed by atoms with Crippen molar-refractivity contribution in [3.63, 3.8) is 0 Å². The van der Waals surface area contributed by atoms with Gasteiger partial charge in [0.25, 0.3) is 0 Å². The fraction of sp³-hybridized carbons (Fsp3) is 0.471. The Morgan fingerprint density at radius 1 is 1.29 bits per heavy atom. The Bertz CT molecular complexity index is 534. The van der Waals surface area contributed by atoms with Crippen LogP contribution in [0.1, 0.15) is 26.7 Å². The number of methoxy groups -OCH3 is 1. The van der Waals surface area contributed by atoms with Gasteiger partial charge in [0.15, 0.2) is 0 Å². The summed E-state index contributed by atoms with van der Waals surface area (Å²) in [6.07, 6.45) is 0.804. The molecular formula is C17H23F3N2O2. The van der Waals surface area contributed by atoms with Crippen LogP contribution in [-0.2, 0) is 4.79 Å². The summed E-state index contributed by atoms with van der Waals surface area (Å²) in [5.74, 6) is 3.32. The van der Waals surface area contributed by atoms with Gasteiger partial charge in [0.2, 0.25) is 6.41 Å². The first-order valence-corrected chi connectivity index (χ1v) is 7.23. The van der Waals surface area contributed by atoms with E-state index < -0.39 is 18.1 Å². The molecule has 0 saturated heterocycles. The number of carbonyl (C=O) groups excluding carboxylic acids is 1. The average Bonchev–Trinajstić information content (AvgIpc) is 2.51. The van der Waals surface area contributed by atoms with Crippen LogP contribution in [0.5, 0.6) is 5.75 Å². The SMILES string of the molecule is C#CC(C)(C)N(CCCC(F)(F)F)c1ccc(OC)cc1.NC=O. The highest BCUT2D eigenvalue weighted by Gasteiger charge is 2.29. The van der Waals surface area contributed by atoms with Crippen molar-refractivity contribution in [3.05, 3.63) is 24.3 Å². The third kappa shape index (κ3) is 7.77. The van der Waals surface area contributed by atoms with E-state index in [0.717, 1.165) is 5.69 Å². The first kappa shape index (κ1) is 21.6. The van der Waals surface area contributed by atoms with Crippen molar-refractivity contribution >= 4 is 12.1 Å². The van der Waals surface area contributed by atoms with Crippen LogP contribution in [0.3, 0.4) is 0 Å². The molecule has 1 aromatic rings. The number of halogens is 3. The molecule has 1 rings (SSSR count). The number of ether oxygens (including phenoxy) is 1. The third-order valence-corrected chi connectivity index (χ3v) is 3.25. The van der Waals surface area contributed by atoms with Crippen molar-refractivity contribution in [3.8, 4) is 18.1 Å². The highest BCUT2D eigenvalue weighted by Crippen LogP contribution is 2.28. The van der Waals surface area contributed by atoms with Crippen LogP contribution in [0.4, 0.5) is 18.9 Å². The Balaban J connectivity index is 0.00000163. The first-order chi connectivity index (χ1) is 11.1. The van der Waals surface area contributed by atoms with Crippen LogP contribution in [0.2, 0.25) is 0 Å². The molecule has 134 valence electrons. The lowest BCUT2D eigenvalue weighted by Gasteiger charge is -2.37. The Kier molecular flexibility index (Phi) is 8.75. The summed E-state index contributed by atoms with van der Waals surface area (Å²) < 4.78 is 42.0. The lowest BCUT2D eigenvalue weighted by Crippen LogP contribution is -2.43. The second-order valence-corrected chi connectivity index (χ2v) is 5.41. The van der Waals surface area contributed by atoms with E-state index in [0.29, 0.717) is 5.75 Å². The minimum atomic E-state index is -4.15. The molecule has 0 aliphatic heterocycles. The van der Waals surface area contributed by atoms with Crippen molar-refractivity contribution in [1.29, 1.82) is 0 Å². The van der Waals surface area contributed by atoms with E-state index in [2.05, 4.69) is 11.7 Å². The molecular weight excluding hydrogens is 321 g/mol. The van der Waals surface area contributed by atoms with E-state index in [4.69, 9.17) is 16.0 Å².